The van der Waals surface area contributed by atoms with Crippen LogP contribution in [0.1, 0.15) is 38.5 Å². The third-order valence-corrected chi connectivity index (χ3v) is 3.98. The van der Waals surface area contributed by atoms with Gasteiger partial charge in [0.15, 0.2) is 0 Å². The summed E-state index contributed by atoms with van der Waals surface area (Å²) < 4.78 is 5.32. The van der Waals surface area contributed by atoms with Gasteiger partial charge in [-0.25, -0.2) is 4.99 Å². The molecule has 1 aliphatic heterocycles. The third-order valence-electron chi connectivity index (χ3n) is 3.98. The Morgan fingerprint density at radius 2 is 2.14 bits per heavy atom. The SMILES string of the molecule is NC1=NC2(CCCC(C3CC3)C2)CO1. The molecule has 0 aromatic heterocycles. The second kappa shape index (κ2) is 2.88. The fourth-order valence-corrected chi connectivity index (χ4v) is 3.09. The average molecular weight is 194 g/mol. The smallest absolute Gasteiger partial charge is 0.282 e. The molecule has 2 fully saturated rings. The van der Waals surface area contributed by atoms with Crippen LogP contribution in [0.5, 0.6) is 0 Å². The van der Waals surface area contributed by atoms with Gasteiger partial charge in [-0.2, -0.15) is 0 Å². The van der Waals surface area contributed by atoms with Crippen LogP contribution in [-0.2, 0) is 4.74 Å². The summed E-state index contributed by atoms with van der Waals surface area (Å²) in [4.78, 5) is 4.51. The van der Waals surface area contributed by atoms with Gasteiger partial charge in [-0.05, 0) is 37.5 Å². The number of aliphatic imine (C=N–C) groups is 1. The lowest BCUT2D eigenvalue weighted by molar-refractivity contribution is 0.159. The standard InChI is InChI=1S/C11H18N2O/c12-10-13-11(7-14-10)5-1-2-9(6-11)8-3-4-8/h8-9H,1-7H2,(H2,12,13). The molecule has 0 aromatic carbocycles. The van der Waals surface area contributed by atoms with Crippen LogP contribution < -0.4 is 5.73 Å². The predicted molar refractivity (Wildman–Crippen MR) is 55.0 cm³/mol. The van der Waals surface area contributed by atoms with Crippen LogP contribution in [0.4, 0.5) is 0 Å². The highest BCUT2D eigenvalue weighted by Gasteiger charge is 2.44. The van der Waals surface area contributed by atoms with E-state index in [1.54, 1.807) is 0 Å². The normalized spacial score (nSPS) is 42.3. The number of hydrogen-bond acceptors (Lipinski definition) is 3. The van der Waals surface area contributed by atoms with Crippen molar-refractivity contribution in [3.63, 3.8) is 0 Å². The van der Waals surface area contributed by atoms with E-state index in [0.29, 0.717) is 6.02 Å². The quantitative estimate of drug-likeness (QED) is 0.690. The van der Waals surface area contributed by atoms with Gasteiger partial charge in [-0.15, -0.1) is 0 Å². The third kappa shape index (κ3) is 1.39. The minimum Gasteiger partial charge on any atom is -0.463 e. The first-order valence-corrected chi connectivity index (χ1v) is 5.76. The molecule has 3 aliphatic rings. The molecule has 3 nitrogen and oxygen atoms in total. The Bertz CT molecular complexity index is 272. The van der Waals surface area contributed by atoms with Crippen molar-refractivity contribution in [1.29, 1.82) is 0 Å². The van der Waals surface area contributed by atoms with Crippen molar-refractivity contribution in [3.8, 4) is 0 Å². The summed E-state index contributed by atoms with van der Waals surface area (Å²) in [6.07, 6.45) is 8.00. The van der Waals surface area contributed by atoms with Crippen molar-refractivity contribution < 1.29 is 4.74 Å². The van der Waals surface area contributed by atoms with E-state index in [1.165, 1.54) is 38.5 Å². The molecule has 1 spiro atoms. The van der Waals surface area contributed by atoms with Crippen molar-refractivity contribution in [2.75, 3.05) is 6.61 Å². The molecule has 3 rings (SSSR count). The highest BCUT2D eigenvalue weighted by molar-refractivity contribution is 5.73. The molecular formula is C11H18N2O. The summed E-state index contributed by atoms with van der Waals surface area (Å²) in [5.74, 6) is 1.91. The Morgan fingerprint density at radius 1 is 1.29 bits per heavy atom. The average Bonchev–Trinajstić information content (AvgIpc) is 2.95. The number of hydrogen-bond donors (Lipinski definition) is 1. The topological polar surface area (TPSA) is 47.6 Å². The summed E-state index contributed by atoms with van der Waals surface area (Å²) in [5, 5.41) is 0. The van der Waals surface area contributed by atoms with E-state index >= 15 is 0 Å². The van der Waals surface area contributed by atoms with E-state index in [9.17, 15) is 0 Å². The number of ether oxygens (including phenoxy) is 1. The summed E-state index contributed by atoms with van der Waals surface area (Å²) in [5.41, 5.74) is 5.68. The van der Waals surface area contributed by atoms with Crippen molar-refractivity contribution in [1.82, 2.24) is 0 Å². The lowest BCUT2D eigenvalue weighted by Gasteiger charge is -2.34. The van der Waals surface area contributed by atoms with Gasteiger partial charge in [0.05, 0.1) is 0 Å². The summed E-state index contributed by atoms with van der Waals surface area (Å²) in [7, 11) is 0. The number of amidine groups is 1. The molecule has 0 aromatic rings. The summed E-state index contributed by atoms with van der Waals surface area (Å²) >= 11 is 0. The molecule has 0 saturated heterocycles. The first-order valence-electron chi connectivity index (χ1n) is 5.76. The van der Waals surface area contributed by atoms with E-state index in [0.717, 1.165) is 18.4 Å². The van der Waals surface area contributed by atoms with Gasteiger partial charge in [0.1, 0.15) is 12.1 Å². The van der Waals surface area contributed by atoms with Crippen LogP contribution in [0.3, 0.4) is 0 Å². The highest BCUT2D eigenvalue weighted by Crippen LogP contribution is 2.48. The maximum absolute atomic E-state index is 5.61. The molecular weight excluding hydrogens is 176 g/mol. The molecule has 0 bridgehead atoms. The van der Waals surface area contributed by atoms with Gasteiger partial charge in [0, 0.05) is 0 Å². The van der Waals surface area contributed by atoms with Crippen molar-refractivity contribution >= 4 is 6.02 Å². The molecule has 2 unspecified atom stereocenters. The first kappa shape index (κ1) is 8.57. The monoisotopic (exact) mass is 194 g/mol. The Labute approximate surface area is 84.7 Å². The zero-order chi connectivity index (χ0) is 9.60. The van der Waals surface area contributed by atoms with Crippen LogP contribution in [-0.4, -0.2) is 18.2 Å². The van der Waals surface area contributed by atoms with Gasteiger partial charge in [0.25, 0.3) is 6.02 Å². The van der Waals surface area contributed by atoms with Gasteiger partial charge in [0.2, 0.25) is 0 Å². The molecule has 2 N–H and O–H groups in total. The lowest BCUT2D eigenvalue weighted by atomic mass is 9.75. The Hall–Kier alpha value is -0.730. The second-order valence-electron chi connectivity index (χ2n) is 5.16. The number of nitrogens with zero attached hydrogens (tertiary/aromatic N) is 1. The highest BCUT2D eigenvalue weighted by atomic mass is 16.5. The number of rotatable bonds is 1. The van der Waals surface area contributed by atoms with Gasteiger partial charge < -0.3 is 10.5 Å². The molecule has 2 atom stereocenters. The summed E-state index contributed by atoms with van der Waals surface area (Å²) in [6.45, 7) is 0.738. The van der Waals surface area contributed by atoms with Crippen molar-refractivity contribution in [2.24, 2.45) is 22.6 Å². The predicted octanol–water partition coefficient (Wildman–Crippen LogP) is 1.67. The van der Waals surface area contributed by atoms with Crippen LogP contribution in [0, 0.1) is 11.8 Å². The molecule has 14 heavy (non-hydrogen) atoms. The second-order valence-corrected chi connectivity index (χ2v) is 5.16. The zero-order valence-electron chi connectivity index (χ0n) is 8.54. The molecule has 1 heterocycles. The Balaban J connectivity index is 1.74. The van der Waals surface area contributed by atoms with E-state index in [4.69, 9.17) is 10.5 Å². The summed E-state index contributed by atoms with van der Waals surface area (Å²) in [6, 6.07) is 0.418. The molecule has 0 radical (unpaired) electrons. The zero-order valence-corrected chi connectivity index (χ0v) is 8.54. The Morgan fingerprint density at radius 3 is 2.79 bits per heavy atom. The van der Waals surface area contributed by atoms with Crippen LogP contribution in [0.25, 0.3) is 0 Å². The lowest BCUT2D eigenvalue weighted by Crippen LogP contribution is -2.35. The van der Waals surface area contributed by atoms with Crippen LogP contribution in [0.15, 0.2) is 4.99 Å². The minimum atomic E-state index is 0.0790. The van der Waals surface area contributed by atoms with Crippen molar-refractivity contribution in [3.05, 3.63) is 0 Å². The first-order chi connectivity index (χ1) is 6.77. The van der Waals surface area contributed by atoms with Crippen LogP contribution in [0.2, 0.25) is 0 Å². The molecule has 78 valence electrons. The van der Waals surface area contributed by atoms with Crippen LogP contribution >= 0.6 is 0 Å². The van der Waals surface area contributed by atoms with Gasteiger partial charge >= 0.3 is 0 Å². The van der Waals surface area contributed by atoms with Gasteiger partial charge in [-0.3, -0.25) is 0 Å². The fraction of sp³-hybridized carbons (Fsp3) is 0.909. The molecule has 2 aliphatic carbocycles. The van der Waals surface area contributed by atoms with Gasteiger partial charge in [-0.1, -0.05) is 12.8 Å². The van der Waals surface area contributed by atoms with E-state index in [1.807, 2.05) is 0 Å². The molecule has 3 heteroatoms. The maximum atomic E-state index is 5.61. The molecule has 2 saturated carbocycles. The minimum absolute atomic E-state index is 0.0790. The fourth-order valence-electron chi connectivity index (χ4n) is 3.09. The largest absolute Gasteiger partial charge is 0.463 e. The van der Waals surface area contributed by atoms with E-state index in [2.05, 4.69) is 4.99 Å². The maximum Gasteiger partial charge on any atom is 0.282 e. The van der Waals surface area contributed by atoms with E-state index < -0.39 is 0 Å². The van der Waals surface area contributed by atoms with Crippen molar-refractivity contribution in [2.45, 2.75) is 44.1 Å². The number of nitrogens with two attached hydrogens (primary N) is 1. The van der Waals surface area contributed by atoms with E-state index in [-0.39, 0.29) is 5.54 Å². The molecule has 0 amide bonds. The Kier molecular flexibility index (Phi) is 1.76.